The van der Waals surface area contributed by atoms with Crippen molar-refractivity contribution in [2.24, 2.45) is 11.3 Å². The lowest BCUT2D eigenvalue weighted by Gasteiger charge is -2.36. The molecule has 0 radical (unpaired) electrons. The summed E-state index contributed by atoms with van der Waals surface area (Å²) < 4.78 is 17.1. The van der Waals surface area contributed by atoms with Gasteiger partial charge in [-0.25, -0.2) is 0 Å². The average Bonchev–Trinajstić information content (AvgIpc) is 3.45. The highest BCUT2D eigenvalue weighted by atomic mass is 16.7. The summed E-state index contributed by atoms with van der Waals surface area (Å²) in [6.07, 6.45) is 7.14. The van der Waals surface area contributed by atoms with Crippen LogP contribution < -0.4 is 19.1 Å². The van der Waals surface area contributed by atoms with E-state index in [2.05, 4.69) is 0 Å². The minimum Gasteiger partial charge on any atom is -0.491 e. The van der Waals surface area contributed by atoms with Gasteiger partial charge < -0.3 is 24.2 Å². The second-order valence-electron chi connectivity index (χ2n) is 8.87. The van der Waals surface area contributed by atoms with Gasteiger partial charge in [-0.2, -0.15) is 0 Å². The molecule has 3 aliphatic heterocycles. The van der Waals surface area contributed by atoms with Crippen LogP contribution in [-0.2, 0) is 15.0 Å². The van der Waals surface area contributed by atoms with Gasteiger partial charge in [0.05, 0.1) is 5.92 Å². The molecule has 0 bridgehead atoms. The molecular formula is C25H21NO6. The van der Waals surface area contributed by atoms with Crippen LogP contribution in [0.25, 0.3) is 0 Å². The third-order valence-electron chi connectivity index (χ3n) is 7.01. The molecule has 2 aromatic rings. The molecule has 0 saturated carbocycles. The molecule has 0 saturated heterocycles. The van der Waals surface area contributed by atoms with Gasteiger partial charge in [-0.3, -0.25) is 9.59 Å². The lowest BCUT2D eigenvalue weighted by molar-refractivity contribution is -0.143. The lowest BCUT2D eigenvalue weighted by Crippen LogP contribution is -2.48. The molecule has 162 valence electrons. The van der Waals surface area contributed by atoms with Crippen LogP contribution in [0.1, 0.15) is 18.1 Å². The van der Waals surface area contributed by atoms with E-state index >= 15 is 0 Å². The Labute approximate surface area is 184 Å². The molecule has 1 N–H and O–H groups in total. The molecule has 0 fully saturated rings. The van der Waals surface area contributed by atoms with Crippen molar-refractivity contribution in [2.75, 3.05) is 24.8 Å². The van der Waals surface area contributed by atoms with Crippen molar-refractivity contribution >= 4 is 17.6 Å². The Morgan fingerprint density at radius 3 is 2.69 bits per heavy atom. The van der Waals surface area contributed by atoms with Gasteiger partial charge in [-0.15, -0.1) is 0 Å². The largest absolute Gasteiger partial charge is 0.491 e. The van der Waals surface area contributed by atoms with Crippen molar-refractivity contribution in [3.63, 3.8) is 0 Å². The number of benzene rings is 2. The molecule has 3 atom stereocenters. The number of carboxylic acid groups (broad SMARTS) is 1. The molecule has 1 aliphatic carbocycles. The molecule has 0 aromatic heterocycles. The number of carboxylic acids is 1. The van der Waals surface area contributed by atoms with Crippen molar-refractivity contribution in [1.82, 2.24) is 0 Å². The Bertz CT molecular complexity index is 1230. The molecule has 2 aromatic carbocycles. The maximum atomic E-state index is 14.1. The quantitative estimate of drug-likeness (QED) is 0.803. The van der Waals surface area contributed by atoms with Crippen LogP contribution in [0.5, 0.6) is 17.2 Å². The van der Waals surface area contributed by atoms with Crippen molar-refractivity contribution in [2.45, 2.75) is 12.3 Å². The number of hydrogen-bond acceptors (Lipinski definition) is 5. The number of allylic oxidation sites excluding steroid dienone is 2. The molecule has 3 unspecified atom stereocenters. The van der Waals surface area contributed by atoms with Crippen LogP contribution in [-0.4, -0.2) is 36.9 Å². The van der Waals surface area contributed by atoms with E-state index < -0.39 is 22.7 Å². The van der Waals surface area contributed by atoms with E-state index in [1.165, 1.54) is 0 Å². The summed E-state index contributed by atoms with van der Waals surface area (Å²) in [5.74, 6) is 0.0388. The third kappa shape index (κ3) is 2.36. The first kappa shape index (κ1) is 19.0. The second-order valence-corrected chi connectivity index (χ2v) is 8.87. The second kappa shape index (κ2) is 6.38. The summed E-state index contributed by atoms with van der Waals surface area (Å²) in [5, 5.41) is 9.80. The number of hydrogen-bond donors (Lipinski definition) is 1. The number of carbonyl (C=O) groups excluding carboxylic acids is 1. The minimum absolute atomic E-state index is 0.121. The summed E-state index contributed by atoms with van der Waals surface area (Å²) in [6, 6.07) is 11.3. The van der Waals surface area contributed by atoms with E-state index in [1.54, 1.807) is 23.1 Å². The molecule has 7 nitrogen and oxygen atoms in total. The zero-order valence-electron chi connectivity index (χ0n) is 17.4. The summed E-state index contributed by atoms with van der Waals surface area (Å²) in [4.78, 5) is 27.8. The number of rotatable bonds is 3. The highest BCUT2D eigenvalue weighted by Gasteiger charge is 2.58. The topological polar surface area (TPSA) is 85.3 Å². The summed E-state index contributed by atoms with van der Waals surface area (Å²) in [6.45, 7) is 2.43. The highest BCUT2D eigenvalue weighted by Crippen LogP contribution is 2.55. The fraction of sp³-hybridized carbons (Fsp3) is 0.280. The number of ether oxygens (including phenoxy) is 3. The molecule has 6 rings (SSSR count). The first-order valence-electron chi connectivity index (χ1n) is 10.5. The van der Waals surface area contributed by atoms with E-state index in [1.807, 2.05) is 49.4 Å². The molecule has 7 heteroatoms. The molecule has 3 heterocycles. The number of fused-ring (bicyclic) bond motifs is 5. The number of amides is 1. The van der Waals surface area contributed by atoms with Crippen LogP contribution in [0.3, 0.4) is 0 Å². The number of para-hydroxylation sites is 1. The van der Waals surface area contributed by atoms with Gasteiger partial charge in [-0.05, 0) is 17.7 Å². The van der Waals surface area contributed by atoms with Crippen molar-refractivity contribution in [1.29, 1.82) is 0 Å². The van der Waals surface area contributed by atoms with Crippen LogP contribution in [0.15, 0.2) is 60.7 Å². The van der Waals surface area contributed by atoms with Gasteiger partial charge in [0.15, 0.2) is 11.5 Å². The molecule has 4 aliphatic rings. The first-order valence-corrected chi connectivity index (χ1v) is 10.5. The van der Waals surface area contributed by atoms with E-state index in [4.69, 9.17) is 14.2 Å². The maximum absolute atomic E-state index is 14.1. The summed E-state index contributed by atoms with van der Waals surface area (Å²) >= 11 is 0. The summed E-state index contributed by atoms with van der Waals surface area (Å²) in [7, 11) is 0. The normalized spacial score (nSPS) is 28.7. The van der Waals surface area contributed by atoms with Gasteiger partial charge in [0.2, 0.25) is 12.7 Å². The zero-order chi connectivity index (χ0) is 22.1. The van der Waals surface area contributed by atoms with E-state index in [9.17, 15) is 14.7 Å². The maximum Gasteiger partial charge on any atom is 0.311 e. The van der Waals surface area contributed by atoms with Crippen LogP contribution in [0, 0.1) is 11.3 Å². The van der Waals surface area contributed by atoms with E-state index in [-0.39, 0.29) is 25.9 Å². The lowest BCUT2D eigenvalue weighted by atomic mass is 9.73. The Balaban J connectivity index is 1.47. The predicted molar refractivity (Wildman–Crippen MR) is 115 cm³/mol. The SMILES string of the molecule is CC1(CN2C(=O)C3(COc4cc5c(cc43)OCO5)c3ccccc32)C=CC=CC1C(=O)O. The van der Waals surface area contributed by atoms with Crippen molar-refractivity contribution in [3.05, 3.63) is 71.8 Å². The Kier molecular flexibility index (Phi) is 3.79. The Morgan fingerprint density at radius 1 is 1.09 bits per heavy atom. The number of carbonyl (C=O) groups is 2. The smallest absolute Gasteiger partial charge is 0.311 e. The van der Waals surface area contributed by atoms with Crippen LogP contribution >= 0.6 is 0 Å². The number of nitrogens with zero attached hydrogens (tertiary/aromatic N) is 1. The van der Waals surface area contributed by atoms with Gasteiger partial charge in [0, 0.05) is 29.3 Å². The zero-order valence-corrected chi connectivity index (χ0v) is 17.4. The highest BCUT2D eigenvalue weighted by molar-refractivity contribution is 6.11. The minimum atomic E-state index is -1.00. The van der Waals surface area contributed by atoms with Crippen LogP contribution in [0.4, 0.5) is 5.69 Å². The fourth-order valence-electron chi connectivity index (χ4n) is 5.35. The Morgan fingerprint density at radius 2 is 1.88 bits per heavy atom. The Hall–Kier alpha value is -3.74. The average molecular weight is 431 g/mol. The van der Waals surface area contributed by atoms with E-state index in [0.717, 1.165) is 16.8 Å². The molecule has 1 spiro atoms. The van der Waals surface area contributed by atoms with Crippen molar-refractivity contribution < 1.29 is 28.9 Å². The van der Waals surface area contributed by atoms with Gasteiger partial charge in [0.25, 0.3) is 0 Å². The monoisotopic (exact) mass is 431 g/mol. The third-order valence-corrected chi connectivity index (χ3v) is 7.01. The first-order chi connectivity index (χ1) is 15.4. The number of anilines is 1. The van der Waals surface area contributed by atoms with Crippen molar-refractivity contribution in [3.8, 4) is 17.2 Å². The standard InChI is InChI=1S/C25H21NO6/c1-24(9-5-4-7-16(24)22(27)28)12-26-18-8-3-2-6-15(18)25(23(26)29)13-30-19-11-21-20(10-17(19)25)31-14-32-21/h2-11,16H,12-14H2,1H3,(H,27,28). The predicted octanol–water partition coefficient (Wildman–Crippen LogP) is 3.27. The van der Waals surface area contributed by atoms with Gasteiger partial charge >= 0.3 is 5.97 Å². The molecule has 32 heavy (non-hydrogen) atoms. The van der Waals surface area contributed by atoms with Crippen LogP contribution in [0.2, 0.25) is 0 Å². The number of aliphatic carboxylic acids is 1. The fourth-order valence-corrected chi connectivity index (χ4v) is 5.35. The van der Waals surface area contributed by atoms with E-state index in [0.29, 0.717) is 17.2 Å². The molecule has 1 amide bonds. The van der Waals surface area contributed by atoms with Gasteiger partial charge in [-0.1, -0.05) is 49.4 Å². The summed E-state index contributed by atoms with van der Waals surface area (Å²) in [5.41, 5.74) is 0.622. The van der Waals surface area contributed by atoms with Gasteiger partial charge in [0.1, 0.15) is 17.8 Å². The molecular weight excluding hydrogens is 410 g/mol.